The third-order valence-corrected chi connectivity index (χ3v) is 5.63. The number of rotatable bonds is 11. The van der Waals surface area contributed by atoms with Gasteiger partial charge in [0.1, 0.15) is 11.8 Å². The van der Waals surface area contributed by atoms with E-state index in [-0.39, 0.29) is 17.9 Å². The maximum absolute atomic E-state index is 13.2. The van der Waals surface area contributed by atoms with Crippen molar-refractivity contribution in [3.63, 3.8) is 0 Å². The zero-order valence-corrected chi connectivity index (χ0v) is 19.1. The molecule has 0 spiro atoms. The fourth-order valence-corrected chi connectivity index (χ4v) is 4.05. The van der Waals surface area contributed by atoms with E-state index in [2.05, 4.69) is 17.4 Å². The molecule has 0 saturated carbocycles. The Kier molecular flexibility index (Phi) is 9.74. The van der Waals surface area contributed by atoms with Crippen LogP contribution in [0, 0.1) is 0 Å². The number of hydrogen-bond acceptors (Lipinski definition) is 4. The lowest BCUT2D eigenvalue weighted by Gasteiger charge is -2.31. The van der Waals surface area contributed by atoms with Crippen molar-refractivity contribution in [3.8, 4) is 5.75 Å². The Hall–Kier alpha value is -2.47. The van der Waals surface area contributed by atoms with Gasteiger partial charge in [-0.05, 0) is 43.5 Å². The second-order valence-corrected chi connectivity index (χ2v) is 8.42. The topological polar surface area (TPSA) is 58.6 Å². The summed E-state index contributed by atoms with van der Waals surface area (Å²) in [5.41, 5.74) is 2.12. The van der Waals surface area contributed by atoms with E-state index in [0.717, 1.165) is 17.1 Å². The van der Waals surface area contributed by atoms with Crippen molar-refractivity contribution < 1.29 is 14.3 Å². The molecule has 6 heteroatoms. The Balaban J connectivity index is 2.15. The largest absolute Gasteiger partial charge is 0.497 e. The summed E-state index contributed by atoms with van der Waals surface area (Å²) in [5, 5.41) is 2.96. The Morgan fingerprint density at radius 1 is 1.07 bits per heavy atom. The van der Waals surface area contributed by atoms with Gasteiger partial charge < -0.3 is 15.0 Å². The molecule has 0 aliphatic heterocycles. The molecule has 1 atom stereocenters. The molecule has 0 radical (unpaired) electrons. The van der Waals surface area contributed by atoms with Gasteiger partial charge in [-0.3, -0.25) is 9.59 Å². The maximum atomic E-state index is 13.2. The quantitative estimate of drug-likeness (QED) is 0.581. The Labute approximate surface area is 184 Å². The van der Waals surface area contributed by atoms with Gasteiger partial charge in [-0.25, -0.2) is 0 Å². The number of thioether (sulfide) groups is 1. The Morgan fingerprint density at radius 3 is 2.40 bits per heavy atom. The van der Waals surface area contributed by atoms with Gasteiger partial charge in [-0.1, -0.05) is 49.4 Å². The lowest BCUT2D eigenvalue weighted by molar-refractivity contribution is -0.139. The average molecular weight is 429 g/mol. The molecule has 0 fully saturated rings. The molecule has 0 heterocycles. The van der Waals surface area contributed by atoms with E-state index in [1.54, 1.807) is 23.8 Å². The van der Waals surface area contributed by atoms with Crippen LogP contribution in [0.1, 0.15) is 38.3 Å². The molecule has 162 valence electrons. The fraction of sp³-hybridized carbons (Fsp3) is 0.417. The molecular formula is C24H32N2O3S. The van der Waals surface area contributed by atoms with Crippen molar-refractivity contribution in [2.75, 3.05) is 12.9 Å². The van der Waals surface area contributed by atoms with Crippen LogP contribution in [0.2, 0.25) is 0 Å². The average Bonchev–Trinajstić information content (AvgIpc) is 2.74. The Morgan fingerprint density at radius 2 is 1.77 bits per heavy atom. The molecule has 0 saturated heterocycles. The number of nitrogens with one attached hydrogen (secondary N) is 1. The molecular weight excluding hydrogens is 396 g/mol. The smallest absolute Gasteiger partial charge is 0.243 e. The second kappa shape index (κ2) is 12.3. The standard InChI is InChI=1S/C24H32N2O3S/c1-5-22(24(28)25-18(2)3)26(15-20-12-9-13-21(14-20)29-4)23(27)17-30-16-19-10-7-6-8-11-19/h6-14,18,22H,5,15-17H2,1-4H3,(H,25,28)/t22-/m1/s1. The van der Waals surface area contributed by atoms with Gasteiger partial charge in [-0.2, -0.15) is 0 Å². The van der Waals surface area contributed by atoms with Crippen LogP contribution < -0.4 is 10.1 Å². The first kappa shape index (κ1) is 23.8. The molecule has 0 aliphatic carbocycles. The molecule has 0 aliphatic rings. The minimum absolute atomic E-state index is 0.0211. The van der Waals surface area contributed by atoms with Crippen molar-refractivity contribution in [2.24, 2.45) is 0 Å². The van der Waals surface area contributed by atoms with Crippen LogP contribution in [0.4, 0.5) is 0 Å². The van der Waals surface area contributed by atoms with E-state index in [1.807, 2.05) is 63.2 Å². The summed E-state index contributed by atoms with van der Waals surface area (Å²) in [6, 6.07) is 17.2. The zero-order chi connectivity index (χ0) is 21.9. The highest BCUT2D eigenvalue weighted by atomic mass is 32.2. The summed E-state index contributed by atoms with van der Waals surface area (Å²) in [5.74, 6) is 1.66. The molecule has 30 heavy (non-hydrogen) atoms. The lowest BCUT2D eigenvalue weighted by atomic mass is 10.1. The molecule has 0 unspecified atom stereocenters. The van der Waals surface area contributed by atoms with E-state index < -0.39 is 6.04 Å². The van der Waals surface area contributed by atoms with E-state index >= 15 is 0 Å². The molecule has 1 N–H and O–H groups in total. The SMILES string of the molecule is CC[C@H](C(=O)NC(C)C)N(Cc1cccc(OC)c1)C(=O)CSCc1ccccc1. The highest BCUT2D eigenvalue weighted by Gasteiger charge is 2.28. The summed E-state index contributed by atoms with van der Waals surface area (Å²) < 4.78 is 5.31. The monoisotopic (exact) mass is 428 g/mol. The van der Waals surface area contributed by atoms with E-state index in [0.29, 0.717) is 18.7 Å². The first-order chi connectivity index (χ1) is 14.4. The van der Waals surface area contributed by atoms with Gasteiger partial charge in [-0.15, -0.1) is 11.8 Å². The van der Waals surface area contributed by atoms with Gasteiger partial charge in [0.05, 0.1) is 12.9 Å². The number of carbonyl (C=O) groups is 2. The van der Waals surface area contributed by atoms with Gasteiger partial charge >= 0.3 is 0 Å². The number of hydrogen-bond donors (Lipinski definition) is 1. The summed E-state index contributed by atoms with van der Waals surface area (Å²) in [7, 11) is 1.62. The van der Waals surface area contributed by atoms with Crippen LogP contribution in [0.5, 0.6) is 5.75 Å². The Bertz CT molecular complexity index is 811. The molecule has 5 nitrogen and oxygen atoms in total. The summed E-state index contributed by atoms with van der Waals surface area (Å²) >= 11 is 1.57. The van der Waals surface area contributed by atoms with Crippen molar-refractivity contribution in [2.45, 2.75) is 51.6 Å². The summed E-state index contributed by atoms with van der Waals surface area (Å²) in [4.78, 5) is 27.7. The predicted molar refractivity (Wildman–Crippen MR) is 124 cm³/mol. The number of methoxy groups -OCH3 is 1. The van der Waals surface area contributed by atoms with Crippen molar-refractivity contribution >= 4 is 23.6 Å². The third-order valence-electron chi connectivity index (χ3n) is 4.64. The molecule has 0 aromatic heterocycles. The van der Waals surface area contributed by atoms with E-state index in [1.165, 1.54) is 5.56 Å². The van der Waals surface area contributed by atoms with Gasteiger partial charge in [0.25, 0.3) is 0 Å². The molecule has 2 rings (SSSR count). The first-order valence-corrected chi connectivity index (χ1v) is 11.4. The highest BCUT2D eigenvalue weighted by molar-refractivity contribution is 7.99. The van der Waals surface area contributed by atoms with Gasteiger partial charge in [0.15, 0.2) is 0 Å². The summed E-state index contributed by atoms with van der Waals surface area (Å²) in [6.45, 7) is 6.16. The minimum Gasteiger partial charge on any atom is -0.497 e. The number of nitrogens with zero attached hydrogens (tertiary/aromatic N) is 1. The second-order valence-electron chi connectivity index (χ2n) is 7.44. The number of carbonyl (C=O) groups excluding carboxylic acids is 2. The lowest BCUT2D eigenvalue weighted by Crippen LogP contribution is -2.50. The number of amides is 2. The van der Waals surface area contributed by atoms with E-state index in [4.69, 9.17) is 4.74 Å². The maximum Gasteiger partial charge on any atom is 0.243 e. The zero-order valence-electron chi connectivity index (χ0n) is 18.3. The molecule has 2 aromatic carbocycles. The number of benzene rings is 2. The summed E-state index contributed by atoms with van der Waals surface area (Å²) in [6.07, 6.45) is 0.553. The fourth-order valence-electron chi connectivity index (χ4n) is 3.18. The van der Waals surface area contributed by atoms with Crippen LogP contribution in [-0.4, -0.2) is 41.7 Å². The normalized spacial score (nSPS) is 11.8. The number of ether oxygens (including phenoxy) is 1. The van der Waals surface area contributed by atoms with Crippen molar-refractivity contribution in [1.29, 1.82) is 0 Å². The predicted octanol–water partition coefficient (Wildman–Crippen LogP) is 4.26. The van der Waals surface area contributed by atoms with E-state index in [9.17, 15) is 9.59 Å². The van der Waals surface area contributed by atoms with Crippen LogP contribution in [-0.2, 0) is 21.9 Å². The third kappa shape index (κ3) is 7.41. The van der Waals surface area contributed by atoms with Crippen molar-refractivity contribution in [3.05, 3.63) is 65.7 Å². The highest BCUT2D eigenvalue weighted by Crippen LogP contribution is 2.19. The van der Waals surface area contributed by atoms with Crippen LogP contribution in [0.15, 0.2) is 54.6 Å². The minimum atomic E-state index is -0.511. The van der Waals surface area contributed by atoms with Gasteiger partial charge in [0, 0.05) is 18.3 Å². The molecule has 2 aromatic rings. The molecule has 0 bridgehead atoms. The van der Waals surface area contributed by atoms with Crippen molar-refractivity contribution in [1.82, 2.24) is 10.2 Å². The molecule has 2 amide bonds. The first-order valence-electron chi connectivity index (χ1n) is 10.3. The van der Waals surface area contributed by atoms with Crippen LogP contribution in [0.3, 0.4) is 0 Å². The van der Waals surface area contributed by atoms with Gasteiger partial charge in [0.2, 0.25) is 11.8 Å². The van der Waals surface area contributed by atoms with Crippen LogP contribution in [0.25, 0.3) is 0 Å². The van der Waals surface area contributed by atoms with Crippen LogP contribution >= 0.6 is 11.8 Å².